The maximum Gasteiger partial charge on any atom is 0.228 e. The molecule has 0 aliphatic carbocycles. The average Bonchev–Trinajstić information content (AvgIpc) is 3.67. The Morgan fingerprint density at radius 3 is 2.73 bits per heavy atom. The molecule has 2 aromatic heterocycles. The molecule has 0 radical (unpaired) electrons. The Kier molecular flexibility index (Phi) is 6.99. The fourth-order valence-electron chi connectivity index (χ4n) is 6.01. The van der Waals surface area contributed by atoms with Crippen LogP contribution in [0.1, 0.15) is 56.7 Å². The van der Waals surface area contributed by atoms with Crippen molar-refractivity contribution in [2.24, 2.45) is 5.92 Å². The van der Waals surface area contributed by atoms with Crippen LogP contribution >= 0.6 is 11.3 Å². The summed E-state index contributed by atoms with van der Waals surface area (Å²) in [4.78, 5) is 24.1. The second-order valence-electron chi connectivity index (χ2n) is 10.9. The van der Waals surface area contributed by atoms with Crippen molar-refractivity contribution in [3.63, 3.8) is 0 Å². The summed E-state index contributed by atoms with van der Waals surface area (Å²) in [5.74, 6) is -0.306. The molecule has 0 bridgehead atoms. The highest BCUT2D eigenvalue weighted by Gasteiger charge is 2.33. The smallest absolute Gasteiger partial charge is 0.228 e. The Labute approximate surface area is 240 Å². The van der Waals surface area contributed by atoms with E-state index in [0.29, 0.717) is 58.4 Å². The number of fused-ring (bicyclic) bond motifs is 4. The monoisotopic (exact) mass is 576 g/mol. The number of hydrogen-bond donors (Lipinski definition) is 2. The molecule has 4 heterocycles. The van der Waals surface area contributed by atoms with Crippen molar-refractivity contribution >= 4 is 54.9 Å². The van der Waals surface area contributed by atoms with Crippen LogP contribution in [0.2, 0.25) is 0 Å². The number of halogens is 2. The molecular formula is C30H30F2N6O2S. The first-order valence-electron chi connectivity index (χ1n) is 13.8. The number of thiophene rings is 1. The predicted molar refractivity (Wildman–Crippen MR) is 157 cm³/mol. The van der Waals surface area contributed by atoms with Gasteiger partial charge in [-0.25, -0.2) is 13.8 Å². The summed E-state index contributed by atoms with van der Waals surface area (Å²) in [6.07, 6.45) is 2.30. The van der Waals surface area contributed by atoms with Crippen LogP contribution in [0.3, 0.4) is 0 Å². The number of nitrogens with two attached hydrogens (primary N) is 1. The molecule has 2 aliphatic heterocycles. The highest BCUT2D eigenvalue weighted by atomic mass is 32.1. The number of nitrogen functional groups attached to an aromatic ring is 1. The minimum Gasteiger partial charge on any atom is -0.389 e. The Morgan fingerprint density at radius 2 is 2.05 bits per heavy atom. The van der Waals surface area contributed by atoms with Crippen molar-refractivity contribution < 1.29 is 18.3 Å². The third kappa shape index (κ3) is 4.46. The lowest BCUT2D eigenvalue weighted by Gasteiger charge is -2.23. The maximum absolute atomic E-state index is 17.0. The number of hydrogen-bond acceptors (Lipinski definition) is 9. The van der Waals surface area contributed by atoms with E-state index in [9.17, 15) is 10.1 Å². The van der Waals surface area contributed by atoms with Crippen LogP contribution < -0.4 is 16.0 Å². The van der Waals surface area contributed by atoms with Gasteiger partial charge in [0.05, 0.1) is 30.2 Å². The molecule has 2 atom stereocenters. The van der Waals surface area contributed by atoms with Gasteiger partial charge in [-0.05, 0) is 48.9 Å². The summed E-state index contributed by atoms with van der Waals surface area (Å²) in [5, 5.41) is 14.1. The highest BCUT2D eigenvalue weighted by Crippen LogP contribution is 2.47. The molecule has 2 aromatic carbocycles. The van der Waals surface area contributed by atoms with Crippen molar-refractivity contribution in [3.05, 3.63) is 40.5 Å². The van der Waals surface area contributed by atoms with E-state index in [1.165, 1.54) is 13.0 Å². The van der Waals surface area contributed by atoms with Gasteiger partial charge < -0.3 is 20.7 Å². The number of ether oxygens (including phenoxy) is 1. The first-order chi connectivity index (χ1) is 19.7. The van der Waals surface area contributed by atoms with Crippen molar-refractivity contribution in [1.29, 1.82) is 5.26 Å². The van der Waals surface area contributed by atoms with Gasteiger partial charge in [-0.15, -0.1) is 11.3 Å². The lowest BCUT2D eigenvalue weighted by molar-refractivity contribution is -0.117. The van der Waals surface area contributed by atoms with Crippen molar-refractivity contribution in [2.45, 2.75) is 59.3 Å². The number of ketones is 1. The molecule has 4 aromatic rings. The van der Waals surface area contributed by atoms with E-state index in [1.807, 2.05) is 11.8 Å². The van der Waals surface area contributed by atoms with Gasteiger partial charge in [0.1, 0.15) is 28.2 Å². The van der Waals surface area contributed by atoms with Gasteiger partial charge in [-0.1, -0.05) is 20.3 Å². The molecule has 3 N–H and O–H groups in total. The lowest BCUT2D eigenvalue weighted by Crippen LogP contribution is -2.29. The zero-order chi connectivity index (χ0) is 29.0. The molecule has 2 aliphatic rings. The van der Waals surface area contributed by atoms with Gasteiger partial charge >= 0.3 is 0 Å². The number of nitrogens with zero attached hydrogens (tertiary/aromatic N) is 4. The van der Waals surface area contributed by atoms with Crippen LogP contribution in [0, 0.1) is 28.9 Å². The number of nitriles is 1. The molecule has 1 saturated heterocycles. The van der Waals surface area contributed by atoms with Gasteiger partial charge in [0.15, 0.2) is 11.6 Å². The van der Waals surface area contributed by atoms with E-state index in [-0.39, 0.29) is 51.6 Å². The van der Waals surface area contributed by atoms with Crippen LogP contribution in [0.25, 0.3) is 32.1 Å². The topological polar surface area (TPSA) is 117 Å². The van der Waals surface area contributed by atoms with Crippen LogP contribution in [-0.2, 0) is 22.7 Å². The fraction of sp³-hybridized carbons (Fsp3) is 0.400. The maximum atomic E-state index is 17.0. The second kappa shape index (κ2) is 10.5. The lowest BCUT2D eigenvalue weighted by atomic mass is 9.90. The first-order valence-corrected chi connectivity index (χ1v) is 14.6. The van der Waals surface area contributed by atoms with Gasteiger partial charge in [0.25, 0.3) is 0 Å². The number of carbonyl (C=O) groups excluding carboxylic acids is 1. The Bertz CT molecular complexity index is 1760. The third-order valence-corrected chi connectivity index (χ3v) is 9.05. The van der Waals surface area contributed by atoms with Gasteiger partial charge in [0.2, 0.25) is 5.95 Å². The molecule has 41 heavy (non-hydrogen) atoms. The molecule has 11 heteroatoms. The number of carbonyl (C=O) groups is 1. The molecule has 6 rings (SSSR count). The molecule has 8 nitrogen and oxygen atoms in total. The molecule has 212 valence electrons. The van der Waals surface area contributed by atoms with Gasteiger partial charge in [-0.2, -0.15) is 10.2 Å². The SMILES string of the molecule is CCCC(Nc1nc(N2CCC(C)C2)nc2c(F)c(-c3c(F)ccc4sc(N)c(C#N)c34)c3c(c12)COC3)C(C)=O. The predicted octanol–water partition coefficient (Wildman–Crippen LogP) is 6.29. The number of benzene rings is 2. The molecule has 0 amide bonds. The Morgan fingerprint density at radius 1 is 1.27 bits per heavy atom. The zero-order valence-corrected chi connectivity index (χ0v) is 23.9. The van der Waals surface area contributed by atoms with E-state index in [4.69, 9.17) is 20.4 Å². The van der Waals surface area contributed by atoms with E-state index in [1.54, 1.807) is 6.07 Å². The van der Waals surface area contributed by atoms with Crippen LogP contribution in [0.15, 0.2) is 12.1 Å². The minimum absolute atomic E-state index is 0.0180. The van der Waals surface area contributed by atoms with Crippen molar-refractivity contribution in [1.82, 2.24) is 9.97 Å². The summed E-state index contributed by atoms with van der Waals surface area (Å²) in [6, 6.07) is 4.39. The van der Waals surface area contributed by atoms with E-state index < -0.39 is 17.7 Å². The zero-order valence-electron chi connectivity index (χ0n) is 23.1. The molecular weight excluding hydrogens is 546 g/mol. The largest absolute Gasteiger partial charge is 0.389 e. The quantitative estimate of drug-likeness (QED) is 0.264. The second-order valence-corrected chi connectivity index (χ2v) is 12.0. The number of rotatable bonds is 7. The van der Waals surface area contributed by atoms with E-state index >= 15 is 8.78 Å². The van der Waals surface area contributed by atoms with E-state index in [2.05, 4.69) is 18.3 Å². The summed E-state index contributed by atoms with van der Waals surface area (Å²) >= 11 is 1.16. The van der Waals surface area contributed by atoms with Crippen molar-refractivity contribution in [3.8, 4) is 17.2 Å². The summed E-state index contributed by atoms with van der Waals surface area (Å²) < 4.78 is 39.1. The Hall–Kier alpha value is -3.88. The fourth-order valence-corrected chi connectivity index (χ4v) is 6.94. The van der Waals surface area contributed by atoms with Crippen LogP contribution in [0.4, 0.5) is 25.5 Å². The first kappa shape index (κ1) is 27.3. The molecule has 2 unspecified atom stereocenters. The van der Waals surface area contributed by atoms with Crippen LogP contribution in [0.5, 0.6) is 0 Å². The number of anilines is 3. The molecule has 0 spiro atoms. The summed E-state index contributed by atoms with van der Waals surface area (Å²) in [5.41, 5.74) is 7.35. The highest BCUT2D eigenvalue weighted by molar-refractivity contribution is 7.23. The third-order valence-electron chi connectivity index (χ3n) is 8.07. The molecule has 0 saturated carbocycles. The average molecular weight is 577 g/mol. The summed E-state index contributed by atoms with van der Waals surface area (Å²) in [7, 11) is 0. The standard InChI is InChI=1S/C30H30F2N6O2S/c1-4-5-20(15(3)39)35-29-24-18-13-40-12-17(18)23(25-19(31)6-7-21-22(25)16(10-33)28(34)41-21)26(32)27(24)36-30(37-29)38-9-8-14(2)11-38/h6-7,14,20H,4-5,8-9,11-13,34H2,1-3H3,(H,35,36,37). The number of nitrogens with one attached hydrogen (secondary N) is 1. The minimum atomic E-state index is -0.724. The van der Waals surface area contributed by atoms with Crippen LogP contribution in [-0.4, -0.2) is 34.9 Å². The number of Topliss-reactive ketones (excluding diaryl/α,β-unsaturated/α-hetero) is 1. The Balaban J connectivity index is 1.69. The number of aromatic nitrogens is 2. The summed E-state index contributed by atoms with van der Waals surface area (Å²) in [6.45, 7) is 7.27. The van der Waals surface area contributed by atoms with Gasteiger partial charge in [0, 0.05) is 34.3 Å². The molecule has 1 fully saturated rings. The van der Waals surface area contributed by atoms with E-state index in [0.717, 1.165) is 24.2 Å². The normalized spacial score (nSPS) is 17.3. The van der Waals surface area contributed by atoms with Gasteiger partial charge in [-0.3, -0.25) is 4.79 Å². The van der Waals surface area contributed by atoms with Crippen molar-refractivity contribution in [2.75, 3.05) is 29.0 Å².